The van der Waals surface area contributed by atoms with Crippen LogP contribution in [0.1, 0.15) is 27.0 Å². The SMILES string of the molecule is COC(=O)c1cc(C#Cc2ccc(S(=O)(=O)Nc3ncccc3C)cc2)ccc1O. The van der Waals surface area contributed by atoms with E-state index in [0.29, 0.717) is 16.7 Å². The molecule has 0 radical (unpaired) electrons. The number of ether oxygens (including phenoxy) is 1. The van der Waals surface area contributed by atoms with Gasteiger partial charge in [0.1, 0.15) is 17.1 Å². The number of rotatable bonds is 4. The van der Waals surface area contributed by atoms with Crippen LogP contribution in [0.2, 0.25) is 0 Å². The van der Waals surface area contributed by atoms with Gasteiger partial charge in [-0.05, 0) is 61.0 Å². The van der Waals surface area contributed by atoms with E-state index in [1.807, 2.05) is 0 Å². The van der Waals surface area contributed by atoms with Gasteiger partial charge in [-0.25, -0.2) is 18.2 Å². The molecule has 0 saturated carbocycles. The molecular formula is C22H18N2O5S. The summed E-state index contributed by atoms with van der Waals surface area (Å²) in [6.45, 7) is 1.76. The van der Waals surface area contributed by atoms with Crippen LogP contribution < -0.4 is 4.72 Å². The standard InChI is InChI=1S/C22H18N2O5S/c1-15-4-3-13-23-21(15)24-30(27,28)18-10-7-16(8-11-18)5-6-17-9-12-20(25)19(14-17)22(26)29-2/h3-4,7-14,25H,1-2H3,(H,23,24). The first-order chi connectivity index (χ1) is 14.3. The highest BCUT2D eigenvalue weighted by Crippen LogP contribution is 2.20. The highest BCUT2D eigenvalue weighted by molar-refractivity contribution is 7.92. The summed E-state index contributed by atoms with van der Waals surface area (Å²) in [6, 6.07) is 13.9. The number of carbonyl (C=O) groups is 1. The number of aryl methyl sites for hydroxylation is 1. The number of sulfonamides is 1. The number of anilines is 1. The second kappa shape index (κ2) is 8.68. The molecule has 0 unspecified atom stereocenters. The molecule has 0 aliphatic heterocycles. The summed E-state index contributed by atoms with van der Waals surface area (Å²) < 4.78 is 32.2. The molecule has 3 aromatic rings. The Morgan fingerprint density at radius 3 is 2.40 bits per heavy atom. The van der Waals surface area contributed by atoms with Crippen LogP contribution in [0.25, 0.3) is 0 Å². The summed E-state index contributed by atoms with van der Waals surface area (Å²) in [7, 11) is -2.56. The van der Waals surface area contributed by atoms with Crippen molar-refractivity contribution >= 4 is 21.8 Å². The van der Waals surface area contributed by atoms with Crippen molar-refractivity contribution in [2.24, 2.45) is 0 Å². The maximum absolute atomic E-state index is 12.6. The van der Waals surface area contributed by atoms with Crippen LogP contribution >= 0.6 is 0 Å². The first-order valence-electron chi connectivity index (χ1n) is 8.78. The number of nitrogens with zero attached hydrogens (tertiary/aromatic N) is 1. The highest BCUT2D eigenvalue weighted by atomic mass is 32.2. The third-order valence-corrected chi connectivity index (χ3v) is 5.51. The number of esters is 1. The predicted molar refractivity (Wildman–Crippen MR) is 112 cm³/mol. The minimum atomic E-state index is -3.78. The number of phenolic OH excluding ortho intramolecular Hbond substituents is 1. The lowest BCUT2D eigenvalue weighted by molar-refractivity contribution is 0.0597. The normalized spacial score (nSPS) is 10.6. The Bertz CT molecular complexity index is 1260. The van der Waals surface area contributed by atoms with Crippen LogP contribution in [-0.2, 0) is 14.8 Å². The molecule has 30 heavy (non-hydrogen) atoms. The van der Waals surface area contributed by atoms with Crippen molar-refractivity contribution in [2.45, 2.75) is 11.8 Å². The van der Waals surface area contributed by atoms with E-state index in [1.54, 1.807) is 37.3 Å². The van der Waals surface area contributed by atoms with E-state index < -0.39 is 16.0 Å². The largest absolute Gasteiger partial charge is 0.507 e. The van der Waals surface area contributed by atoms with Crippen molar-refractivity contribution < 1.29 is 23.1 Å². The van der Waals surface area contributed by atoms with Gasteiger partial charge < -0.3 is 9.84 Å². The van der Waals surface area contributed by atoms with Crippen molar-refractivity contribution in [3.8, 4) is 17.6 Å². The number of aromatic hydroxyl groups is 1. The van der Waals surface area contributed by atoms with Gasteiger partial charge in [-0.3, -0.25) is 4.72 Å². The van der Waals surface area contributed by atoms with Gasteiger partial charge in [0.2, 0.25) is 0 Å². The van der Waals surface area contributed by atoms with Crippen molar-refractivity contribution in [3.63, 3.8) is 0 Å². The molecule has 0 bridgehead atoms. The number of benzene rings is 2. The molecule has 8 heteroatoms. The molecule has 2 aromatic carbocycles. The van der Waals surface area contributed by atoms with Crippen molar-refractivity contribution in [2.75, 3.05) is 11.8 Å². The summed E-state index contributed by atoms with van der Waals surface area (Å²) >= 11 is 0. The predicted octanol–water partition coefficient (Wildman–Crippen LogP) is 3.08. The molecule has 0 aliphatic carbocycles. The molecule has 3 rings (SSSR count). The molecule has 1 aromatic heterocycles. The summed E-state index contributed by atoms with van der Waals surface area (Å²) in [5.41, 5.74) is 1.80. The zero-order valence-corrected chi connectivity index (χ0v) is 17.0. The van der Waals surface area contributed by atoms with E-state index in [0.717, 1.165) is 0 Å². The Kier molecular flexibility index (Phi) is 6.04. The fourth-order valence-electron chi connectivity index (χ4n) is 2.53. The first kappa shape index (κ1) is 20.9. The van der Waals surface area contributed by atoms with Crippen LogP contribution in [-0.4, -0.2) is 31.6 Å². The van der Waals surface area contributed by atoms with E-state index in [9.17, 15) is 18.3 Å². The molecule has 152 valence electrons. The van der Waals surface area contributed by atoms with Crippen molar-refractivity contribution in [1.29, 1.82) is 0 Å². The van der Waals surface area contributed by atoms with Crippen LogP contribution in [0, 0.1) is 18.8 Å². The number of hydrogen-bond donors (Lipinski definition) is 2. The van der Waals surface area contributed by atoms with Gasteiger partial charge in [-0.2, -0.15) is 0 Å². The Morgan fingerprint density at radius 1 is 1.07 bits per heavy atom. The lowest BCUT2D eigenvalue weighted by Gasteiger charge is -2.09. The first-order valence-corrected chi connectivity index (χ1v) is 10.3. The number of phenols is 1. The van der Waals surface area contributed by atoms with Crippen molar-refractivity contribution in [3.05, 3.63) is 83.0 Å². The minimum Gasteiger partial charge on any atom is -0.507 e. The van der Waals surface area contributed by atoms with Gasteiger partial charge in [0.05, 0.1) is 12.0 Å². The molecule has 7 nitrogen and oxygen atoms in total. The molecule has 2 N–H and O–H groups in total. The van der Waals surface area contributed by atoms with Crippen LogP contribution in [0.4, 0.5) is 5.82 Å². The number of methoxy groups -OCH3 is 1. The number of nitrogens with one attached hydrogen (secondary N) is 1. The van der Waals surface area contributed by atoms with Gasteiger partial charge in [0, 0.05) is 17.3 Å². The van der Waals surface area contributed by atoms with Gasteiger partial charge in [-0.1, -0.05) is 17.9 Å². The van der Waals surface area contributed by atoms with Gasteiger partial charge in [-0.15, -0.1) is 0 Å². The van der Waals surface area contributed by atoms with Crippen molar-refractivity contribution in [1.82, 2.24) is 4.98 Å². The zero-order chi connectivity index (χ0) is 21.7. The number of aromatic nitrogens is 1. The second-order valence-electron chi connectivity index (χ2n) is 6.27. The highest BCUT2D eigenvalue weighted by Gasteiger charge is 2.15. The van der Waals surface area contributed by atoms with Gasteiger partial charge in [0.15, 0.2) is 0 Å². The number of carbonyl (C=O) groups excluding carboxylic acids is 1. The Labute approximate surface area is 174 Å². The average Bonchev–Trinajstić information content (AvgIpc) is 2.74. The fourth-order valence-corrected chi connectivity index (χ4v) is 3.61. The maximum Gasteiger partial charge on any atom is 0.341 e. The van der Waals surface area contributed by atoms with Crippen LogP contribution in [0.15, 0.2) is 65.7 Å². The zero-order valence-electron chi connectivity index (χ0n) is 16.2. The lowest BCUT2D eigenvalue weighted by atomic mass is 10.1. The quantitative estimate of drug-likeness (QED) is 0.494. The van der Waals surface area contributed by atoms with Crippen LogP contribution in [0.3, 0.4) is 0 Å². The van der Waals surface area contributed by atoms with E-state index in [-0.39, 0.29) is 22.0 Å². The average molecular weight is 422 g/mol. The second-order valence-corrected chi connectivity index (χ2v) is 7.95. The number of pyridine rings is 1. The summed E-state index contributed by atoms with van der Waals surface area (Å²) in [5, 5.41) is 9.74. The summed E-state index contributed by atoms with van der Waals surface area (Å²) in [6.07, 6.45) is 1.51. The molecule has 0 aliphatic rings. The Balaban J connectivity index is 1.81. The molecular weight excluding hydrogens is 404 g/mol. The molecule has 1 heterocycles. The van der Waals surface area contributed by atoms with E-state index in [1.165, 1.54) is 37.6 Å². The van der Waals surface area contributed by atoms with E-state index >= 15 is 0 Å². The lowest BCUT2D eigenvalue weighted by Crippen LogP contribution is -2.14. The van der Waals surface area contributed by atoms with Gasteiger partial charge >= 0.3 is 5.97 Å². The van der Waals surface area contributed by atoms with Gasteiger partial charge in [0.25, 0.3) is 10.0 Å². The molecule has 0 saturated heterocycles. The smallest absolute Gasteiger partial charge is 0.341 e. The summed E-state index contributed by atoms with van der Waals surface area (Å²) in [4.78, 5) is 15.8. The molecule has 0 amide bonds. The molecule has 0 fully saturated rings. The monoisotopic (exact) mass is 422 g/mol. The summed E-state index contributed by atoms with van der Waals surface area (Å²) in [5.74, 6) is 5.17. The molecule has 0 atom stereocenters. The number of hydrogen-bond acceptors (Lipinski definition) is 6. The maximum atomic E-state index is 12.6. The topological polar surface area (TPSA) is 106 Å². The van der Waals surface area contributed by atoms with E-state index in [2.05, 4.69) is 26.3 Å². The Hall–Kier alpha value is -3.83. The third kappa shape index (κ3) is 4.77. The Morgan fingerprint density at radius 2 is 1.73 bits per heavy atom. The van der Waals surface area contributed by atoms with E-state index in [4.69, 9.17) is 0 Å². The van der Waals surface area contributed by atoms with Crippen LogP contribution in [0.5, 0.6) is 5.75 Å². The molecule has 0 spiro atoms. The minimum absolute atomic E-state index is 0.0154. The fraction of sp³-hybridized carbons (Fsp3) is 0.0909. The third-order valence-electron chi connectivity index (χ3n) is 4.16.